The summed E-state index contributed by atoms with van der Waals surface area (Å²) in [6.45, 7) is 0. The van der Waals surface area contributed by atoms with Gasteiger partial charge in [-0.15, -0.1) is 11.3 Å². The Balaban J connectivity index is 1.59. The molecule has 1 amide bonds. The second kappa shape index (κ2) is 8.02. The van der Waals surface area contributed by atoms with E-state index in [4.69, 9.17) is 11.6 Å². The summed E-state index contributed by atoms with van der Waals surface area (Å²) in [4.78, 5) is 19.6. The third kappa shape index (κ3) is 3.70. The van der Waals surface area contributed by atoms with Crippen molar-refractivity contribution in [2.24, 2.45) is 0 Å². The van der Waals surface area contributed by atoms with E-state index in [9.17, 15) is 13.6 Å². The average Bonchev–Trinajstić information content (AvgIpc) is 3.32. The maximum atomic E-state index is 14.0. The fourth-order valence-corrected chi connectivity index (χ4v) is 5.60. The smallest absolute Gasteiger partial charge is 0.228 e. The molecule has 31 heavy (non-hydrogen) atoms. The molecule has 0 saturated carbocycles. The Kier molecular flexibility index (Phi) is 5.20. The lowest BCUT2D eigenvalue weighted by molar-refractivity contribution is -0.115. The number of halogens is 3. The van der Waals surface area contributed by atoms with Crippen LogP contribution >= 0.6 is 22.9 Å². The lowest BCUT2D eigenvalue weighted by Crippen LogP contribution is -2.16. The molecule has 1 aliphatic rings. The fraction of sp³-hybridized carbons (Fsp3) is 0.167. The molecule has 4 aromatic rings. The van der Waals surface area contributed by atoms with Crippen molar-refractivity contribution < 1.29 is 13.6 Å². The summed E-state index contributed by atoms with van der Waals surface area (Å²) >= 11 is 8.22. The van der Waals surface area contributed by atoms with Gasteiger partial charge >= 0.3 is 0 Å². The van der Waals surface area contributed by atoms with Gasteiger partial charge in [-0.25, -0.2) is 13.8 Å². The number of nitrogens with one attached hydrogen (secondary N) is 1. The molecule has 7 heteroatoms. The molecule has 2 aromatic carbocycles. The molecule has 2 aromatic heterocycles. The zero-order valence-corrected chi connectivity index (χ0v) is 17.9. The number of carbonyl (C=O) groups excluding carboxylic acids is 1. The second-order valence-corrected chi connectivity index (χ2v) is 9.02. The van der Waals surface area contributed by atoms with Crippen LogP contribution < -0.4 is 5.32 Å². The number of thiophene rings is 1. The van der Waals surface area contributed by atoms with Crippen molar-refractivity contribution in [3.05, 3.63) is 81.3 Å². The molecule has 2 heterocycles. The number of hydrogen-bond acceptors (Lipinski definition) is 3. The molecule has 0 radical (unpaired) electrons. The van der Waals surface area contributed by atoms with Gasteiger partial charge in [-0.3, -0.25) is 4.79 Å². The Bertz CT molecular complexity index is 1330. The summed E-state index contributed by atoms with van der Waals surface area (Å²) in [7, 11) is 0. The Morgan fingerprint density at radius 1 is 1.16 bits per heavy atom. The van der Waals surface area contributed by atoms with Gasteiger partial charge in [0.15, 0.2) is 0 Å². The zero-order valence-electron chi connectivity index (χ0n) is 16.3. The van der Waals surface area contributed by atoms with Crippen LogP contribution in [0.1, 0.15) is 22.4 Å². The van der Waals surface area contributed by atoms with E-state index in [2.05, 4.69) is 10.3 Å². The molecule has 0 saturated heterocycles. The van der Waals surface area contributed by atoms with E-state index in [0.29, 0.717) is 10.7 Å². The van der Waals surface area contributed by atoms with Gasteiger partial charge in [-0.05, 0) is 42.5 Å². The lowest BCUT2D eigenvalue weighted by Gasteiger charge is -2.15. The Morgan fingerprint density at radius 2 is 2.00 bits per heavy atom. The fourth-order valence-electron chi connectivity index (χ4n) is 4.13. The van der Waals surface area contributed by atoms with Crippen molar-refractivity contribution in [1.82, 2.24) is 4.98 Å². The molecule has 156 valence electrons. The first-order chi connectivity index (χ1) is 15.0. The molecule has 1 aliphatic carbocycles. The van der Waals surface area contributed by atoms with Crippen LogP contribution in [0.15, 0.2) is 48.7 Å². The Hall–Kier alpha value is -2.83. The maximum Gasteiger partial charge on any atom is 0.228 e. The predicted octanol–water partition coefficient (Wildman–Crippen LogP) is 6.56. The van der Waals surface area contributed by atoms with Gasteiger partial charge in [-0.2, -0.15) is 0 Å². The van der Waals surface area contributed by atoms with Crippen molar-refractivity contribution in [1.29, 1.82) is 0 Å². The minimum Gasteiger partial charge on any atom is -0.324 e. The van der Waals surface area contributed by atoms with E-state index >= 15 is 0 Å². The van der Waals surface area contributed by atoms with Crippen LogP contribution in [0.2, 0.25) is 5.02 Å². The molecule has 0 unspecified atom stereocenters. The predicted molar refractivity (Wildman–Crippen MR) is 121 cm³/mol. The van der Waals surface area contributed by atoms with Gasteiger partial charge in [0.2, 0.25) is 5.91 Å². The van der Waals surface area contributed by atoms with Crippen molar-refractivity contribution in [3.8, 4) is 11.1 Å². The number of carbonyl (C=O) groups is 1. The molecule has 3 nitrogen and oxygen atoms in total. The van der Waals surface area contributed by atoms with Gasteiger partial charge in [0, 0.05) is 32.5 Å². The van der Waals surface area contributed by atoms with Crippen LogP contribution in [0, 0.1) is 11.6 Å². The van der Waals surface area contributed by atoms with Gasteiger partial charge in [0.05, 0.1) is 18.3 Å². The molecule has 0 aliphatic heterocycles. The minimum atomic E-state index is -0.745. The van der Waals surface area contributed by atoms with E-state index in [1.807, 2.05) is 24.3 Å². The first-order valence-electron chi connectivity index (χ1n) is 9.93. The van der Waals surface area contributed by atoms with Crippen molar-refractivity contribution >= 4 is 44.7 Å². The normalized spacial score (nSPS) is 12.9. The van der Waals surface area contributed by atoms with Gasteiger partial charge in [-0.1, -0.05) is 35.9 Å². The molecular formula is C24H17ClF2N2OS. The van der Waals surface area contributed by atoms with Crippen LogP contribution in [0.3, 0.4) is 0 Å². The molecular weight excluding hydrogens is 438 g/mol. The first-order valence-corrected chi connectivity index (χ1v) is 11.1. The van der Waals surface area contributed by atoms with Gasteiger partial charge < -0.3 is 5.32 Å². The quantitative estimate of drug-likeness (QED) is 0.379. The summed E-state index contributed by atoms with van der Waals surface area (Å²) in [6.07, 6.45) is 4.51. The number of anilines is 1. The monoisotopic (exact) mass is 454 g/mol. The van der Waals surface area contributed by atoms with Crippen LogP contribution in [0.5, 0.6) is 0 Å². The average molecular weight is 455 g/mol. The van der Waals surface area contributed by atoms with E-state index in [1.54, 1.807) is 17.5 Å². The van der Waals surface area contributed by atoms with E-state index in [1.165, 1.54) is 16.5 Å². The van der Waals surface area contributed by atoms with Gasteiger partial charge in [0.25, 0.3) is 0 Å². The Morgan fingerprint density at radius 3 is 2.81 bits per heavy atom. The summed E-state index contributed by atoms with van der Waals surface area (Å²) in [5.41, 5.74) is 3.57. The topological polar surface area (TPSA) is 42.0 Å². The highest BCUT2D eigenvalue weighted by Gasteiger charge is 2.24. The summed E-state index contributed by atoms with van der Waals surface area (Å²) < 4.78 is 27.2. The third-order valence-corrected chi connectivity index (χ3v) is 7.05. The Labute approximate surface area is 186 Å². The number of benzene rings is 2. The first kappa shape index (κ1) is 20.1. The van der Waals surface area contributed by atoms with Crippen LogP contribution in [-0.4, -0.2) is 10.9 Å². The summed E-state index contributed by atoms with van der Waals surface area (Å²) in [5.74, 6) is -1.83. The highest BCUT2D eigenvalue weighted by Crippen LogP contribution is 2.45. The van der Waals surface area contributed by atoms with Crippen molar-refractivity contribution in [2.75, 3.05) is 5.32 Å². The number of rotatable bonds is 4. The van der Waals surface area contributed by atoms with Crippen LogP contribution in [0.4, 0.5) is 14.5 Å². The molecule has 0 fully saturated rings. The molecule has 0 spiro atoms. The lowest BCUT2D eigenvalue weighted by atomic mass is 9.98. The number of aromatic nitrogens is 1. The number of fused-ring (bicyclic) bond motifs is 3. The van der Waals surface area contributed by atoms with Gasteiger partial charge in [0.1, 0.15) is 16.5 Å². The number of hydrogen-bond donors (Lipinski definition) is 1. The highest BCUT2D eigenvalue weighted by molar-refractivity contribution is 7.19. The second-order valence-electron chi connectivity index (χ2n) is 7.52. The van der Waals surface area contributed by atoms with Crippen LogP contribution in [-0.2, 0) is 24.1 Å². The molecule has 5 rings (SSSR count). The van der Waals surface area contributed by atoms with Crippen LogP contribution in [0.25, 0.3) is 21.3 Å². The zero-order chi connectivity index (χ0) is 21.5. The summed E-state index contributed by atoms with van der Waals surface area (Å²) in [6, 6.07) is 10.7. The van der Waals surface area contributed by atoms with Crippen molar-refractivity contribution in [2.45, 2.75) is 25.7 Å². The van der Waals surface area contributed by atoms with E-state index in [0.717, 1.165) is 52.7 Å². The molecule has 1 N–H and O–H groups in total. The number of amides is 1. The number of nitrogens with zero attached hydrogens (tertiary/aromatic N) is 1. The van der Waals surface area contributed by atoms with E-state index in [-0.39, 0.29) is 12.0 Å². The third-order valence-electron chi connectivity index (χ3n) is 5.52. The standard InChI is InChI=1S/C24H17ClF2N2OS/c25-17-6-2-1-4-15(17)22-19(12-28-24-23(22)16-5-3-7-20(16)31-24)29-21(30)10-13-8-9-14(26)11-18(13)27/h1-2,4,6,8-9,11-12H,3,5,7,10H2,(H,29,30). The SMILES string of the molecule is O=C(Cc1ccc(F)cc1F)Nc1cnc2sc3c(c2c1-c1ccccc1Cl)CCC3. The van der Waals surface area contributed by atoms with E-state index < -0.39 is 17.5 Å². The summed E-state index contributed by atoms with van der Waals surface area (Å²) in [5, 5.41) is 4.49. The minimum absolute atomic E-state index is 0.128. The number of pyridine rings is 1. The largest absolute Gasteiger partial charge is 0.324 e. The molecule has 0 bridgehead atoms. The maximum absolute atomic E-state index is 14.0. The highest BCUT2D eigenvalue weighted by atomic mass is 35.5. The number of aryl methyl sites for hydroxylation is 2. The van der Waals surface area contributed by atoms with Crippen molar-refractivity contribution in [3.63, 3.8) is 0 Å². The molecule has 0 atom stereocenters.